The zero-order valence-corrected chi connectivity index (χ0v) is 23.0. The van der Waals surface area contributed by atoms with E-state index in [9.17, 15) is 14.4 Å². The Balaban J connectivity index is 1.08. The summed E-state index contributed by atoms with van der Waals surface area (Å²) < 4.78 is 31.8. The Bertz CT molecular complexity index is 1050. The molecule has 12 heteroatoms. The fourth-order valence-corrected chi connectivity index (χ4v) is 4.18. The van der Waals surface area contributed by atoms with E-state index in [1.165, 1.54) is 22.3 Å². The van der Waals surface area contributed by atoms with Crippen LogP contribution in [0.1, 0.15) is 17.0 Å². The highest BCUT2D eigenvalue weighted by Gasteiger charge is 2.28. The molecule has 41 heavy (non-hydrogen) atoms. The second kappa shape index (κ2) is 18.7. The van der Waals surface area contributed by atoms with Crippen LogP contribution in [0.5, 0.6) is 0 Å². The van der Waals surface area contributed by atoms with E-state index in [4.69, 9.17) is 28.8 Å². The maximum atomic E-state index is 12.2. The Morgan fingerprint density at radius 3 is 1.66 bits per heavy atom. The number of benzene rings is 2. The van der Waals surface area contributed by atoms with E-state index in [1.807, 2.05) is 24.3 Å². The first kappa shape index (κ1) is 32.0. The number of hydrogen-bond acceptors (Lipinski definition) is 9. The molecule has 0 bridgehead atoms. The number of nitrogens with one attached hydrogen (secondary N) is 2. The Morgan fingerprint density at radius 1 is 0.634 bits per heavy atom. The summed E-state index contributed by atoms with van der Waals surface area (Å²) in [5.74, 6) is -1.51. The quantitative estimate of drug-likeness (QED) is 0.188. The third-order valence-electron chi connectivity index (χ3n) is 6.00. The average Bonchev–Trinajstić information content (AvgIpc) is 3.29. The van der Waals surface area contributed by atoms with Crippen LogP contribution in [0.2, 0.25) is 0 Å². The highest BCUT2D eigenvalue weighted by molar-refractivity contribution is 5.79. The standard InChI is InChI=1S/C29H38N2O10/c32-27(20-40-21-28(33)34)30-9-11-36-13-15-38-17-18-39-16-14-37-12-10-31-29(35)41-19-26-24-7-3-1-5-22(24)23-6-2-4-8-25(23)26/h1-8,26H,9-21H2,(H,30,32)(H,31,35)(H,33,34). The highest BCUT2D eigenvalue weighted by atomic mass is 16.6. The second-order valence-electron chi connectivity index (χ2n) is 8.94. The van der Waals surface area contributed by atoms with Crippen molar-refractivity contribution in [2.24, 2.45) is 0 Å². The molecule has 3 N–H and O–H groups in total. The van der Waals surface area contributed by atoms with Gasteiger partial charge in [-0.2, -0.15) is 0 Å². The second-order valence-corrected chi connectivity index (χ2v) is 8.94. The molecule has 3 rings (SSSR count). The summed E-state index contributed by atoms with van der Waals surface area (Å²) in [5.41, 5.74) is 4.72. The lowest BCUT2D eigenvalue weighted by Crippen LogP contribution is -2.31. The lowest BCUT2D eigenvalue weighted by molar-refractivity contribution is -0.143. The molecule has 0 saturated heterocycles. The van der Waals surface area contributed by atoms with E-state index in [0.717, 1.165) is 0 Å². The molecule has 0 aliphatic heterocycles. The summed E-state index contributed by atoms with van der Waals surface area (Å²) >= 11 is 0. The normalized spacial score (nSPS) is 12.0. The Hall–Kier alpha value is -3.55. The maximum absolute atomic E-state index is 12.2. The first-order chi connectivity index (χ1) is 20.1. The van der Waals surface area contributed by atoms with E-state index in [2.05, 4.69) is 39.6 Å². The first-order valence-corrected chi connectivity index (χ1v) is 13.5. The molecule has 2 aromatic carbocycles. The summed E-state index contributed by atoms with van der Waals surface area (Å²) in [5, 5.41) is 13.7. The molecule has 0 radical (unpaired) electrons. The van der Waals surface area contributed by atoms with Crippen LogP contribution in [0, 0.1) is 0 Å². The van der Waals surface area contributed by atoms with Crippen LogP contribution in [0.4, 0.5) is 4.79 Å². The van der Waals surface area contributed by atoms with Crippen molar-refractivity contribution >= 4 is 18.0 Å². The van der Waals surface area contributed by atoms with Crippen molar-refractivity contribution in [3.63, 3.8) is 0 Å². The number of rotatable bonds is 21. The van der Waals surface area contributed by atoms with Gasteiger partial charge in [-0.3, -0.25) is 4.79 Å². The molecule has 0 fully saturated rings. The molecule has 224 valence electrons. The number of aliphatic carboxylic acids is 1. The molecule has 1 aliphatic carbocycles. The van der Waals surface area contributed by atoms with Gasteiger partial charge in [0.2, 0.25) is 5.91 Å². The molecule has 12 nitrogen and oxygen atoms in total. The van der Waals surface area contributed by atoms with Crippen molar-refractivity contribution in [2.45, 2.75) is 5.92 Å². The van der Waals surface area contributed by atoms with Gasteiger partial charge in [-0.15, -0.1) is 0 Å². The zero-order chi connectivity index (χ0) is 29.1. The zero-order valence-electron chi connectivity index (χ0n) is 23.0. The number of carbonyl (C=O) groups is 3. The molecule has 1 aliphatic rings. The smallest absolute Gasteiger partial charge is 0.407 e. The molecule has 0 spiro atoms. The number of ether oxygens (including phenoxy) is 6. The van der Waals surface area contributed by atoms with Crippen LogP contribution < -0.4 is 10.6 Å². The maximum Gasteiger partial charge on any atom is 0.407 e. The van der Waals surface area contributed by atoms with Crippen molar-refractivity contribution in [3.05, 3.63) is 59.7 Å². The van der Waals surface area contributed by atoms with E-state index in [0.29, 0.717) is 65.9 Å². The third kappa shape index (κ3) is 11.8. The lowest BCUT2D eigenvalue weighted by atomic mass is 9.98. The molecular weight excluding hydrogens is 536 g/mol. The highest BCUT2D eigenvalue weighted by Crippen LogP contribution is 2.44. The molecule has 0 heterocycles. The average molecular weight is 575 g/mol. The van der Waals surface area contributed by atoms with Crippen LogP contribution >= 0.6 is 0 Å². The van der Waals surface area contributed by atoms with Crippen molar-refractivity contribution in [1.29, 1.82) is 0 Å². The van der Waals surface area contributed by atoms with Gasteiger partial charge in [0.25, 0.3) is 0 Å². The van der Waals surface area contributed by atoms with Gasteiger partial charge in [-0.05, 0) is 22.3 Å². The summed E-state index contributed by atoms with van der Waals surface area (Å²) in [7, 11) is 0. The number of amides is 2. The van der Waals surface area contributed by atoms with E-state index in [-0.39, 0.29) is 19.1 Å². The number of alkyl carbamates (subject to hydrolysis) is 1. The van der Waals surface area contributed by atoms with Gasteiger partial charge >= 0.3 is 12.1 Å². The van der Waals surface area contributed by atoms with Gasteiger partial charge in [0.05, 0.1) is 52.9 Å². The fourth-order valence-electron chi connectivity index (χ4n) is 4.18. The van der Waals surface area contributed by atoms with Crippen molar-refractivity contribution in [3.8, 4) is 11.1 Å². The van der Waals surface area contributed by atoms with Crippen LogP contribution in [0.15, 0.2) is 48.5 Å². The predicted octanol–water partition coefficient (Wildman–Crippen LogP) is 1.81. The minimum Gasteiger partial charge on any atom is -0.480 e. The summed E-state index contributed by atoms with van der Waals surface area (Å²) in [6, 6.07) is 16.4. The van der Waals surface area contributed by atoms with Crippen molar-refractivity contribution in [2.75, 3.05) is 85.8 Å². The van der Waals surface area contributed by atoms with Crippen LogP contribution in [-0.4, -0.2) is 109 Å². The third-order valence-corrected chi connectivity index (χ3v) is 6.00. The molecule has 2 amide bonds. The molecule has 0 atom stereocenters. The topological polar surface area (TPSA) is 151 Å². The molecule has 0 aromatic heterocycles. The van der Waals surface area contributed by atoms with Crippen molar-refractivity contribution in [1.82, 2.24) is 10.6 Å². The SMILES string of the molecule is O=C(O)COCC(=O)NCCOCCOCCOCCOCCNC(=O)OCC1c2ccccc2-c2ccccc21. The van der Waals surface area contributed by atoms with Crippen molar-refractivity contribution < 1.29 is 47.9 Å². The van der Waals surface area contributed by atoms with Crippen LogP contribution in [0.3, 0.4) is 0 Å². The van der Waals surface area contributed by atoms with Crippen LogP contribution in [0.25, 0.3) is 11.1 Å². The summed E-state index contributed by atoms with van der Waals surface area (Å²) in [6.45, 7) is 3.09. The van der Waals surface area contributed by atoms with E-state index in [1.54, 1.807) is 0 Å². The van der Waals surface area contributed by atoms with Gasteiger partial charge in [0.15, 0.2) is 0 Å². The Kier molecular flexibility index (Phi) is 14.6. The number of fused-ring (bicyclic) bond motifs is 3. The molecule has 0 unspecified atom stereocenters. The summed E-state index contributed by atoms with van der Waals surface area (Å²) in [6.07, 6.45) is -0.472. The molecule has 2 aromatic rings. The van der Waals surface area contributed by atoms with Gasteiger partial charge in [0.1, 0.15) is 19.8 Å². The van der Waals surface area contributed by atoms with E-state index < -0.39 is 24.6 Å². The first-order valence-electron chi connectivity index (χ1n) is 13.5. The van der Waals surface area contributed by atoms with Gasteiger partial charge < -0.3 is 44.2 Å². The van der Waals surface area contributed by atoms with E-state index >= 15 is 0 Å². The minimum atomic E-state index is -1.13. The number of carbonyl (C=O) groups excluding carboxylic acids is 2. The largest absolute Gasteiger partial charge is 0.480 e. The molecular formula is C29H38N2O10. The Morgan fingerprint density at radius 2 is 1.12 bits per heavy atom. The number of carboxylic acid groups (broad SMARTS) is 1. The monoisotopic (exact) mass is 574 g/mol. The predicted molar refractivity (Wildman–Crippen MR) is 148 cm³/mol. The number of hydrogen-bond donors (Lipinski definition) is 3. The number of carboxylic acids is 1. The minimum absolute atomic E-state index is 0.0254. The fraction of sp³-hybridized carbons (Fsp3) is 0.483. The van der Waals surface area contributed by atoms with Crippen LogP contribution in [-0.2, 0) is 38.0 Å². The Labute approximate surface area is 239 Å². The van der Waals surface area contributed by atoms with Gasteiger partial charge in [-0.25, -0.2) is 9.59 Å². The van der Waals surface area contributed by atoms with Gasteiger partial charge in [0, 0.05) is 19.0 Å². The molecule has 0 saturated carbocycles. The summed E-state index contributed by atoms with van der Waals surface area (Å²) in [4.78, 5) is 33.8. The lowest BCUT2D eigenvalue weighted by Gasteiger charge is -2.14. The van der Waals surface area contributed by atoms with Gasteiger partial charge in [-0.1, -0.05) is 48.5 Å².